The molecule has 0 unspecified atom stereocenters. The molecular formula is C17H13FN4O3S3. The third kappa shape index (κ3) is 3.86. The van der Waals surface area contributed by atoms with Crippen LogP contribution in [0.1, 0.15) is 5.56 Å². The van der Waals surface area contributed by atoms with Crippen LogP contribution in [0.25, 0.3) is 10.2 Å². The van der Waals surface area contributed by atoms with Gasteiger partial charge < -0.3 is 10.6 Å². The van der Waals surface area contributed by atoms with Gasteiger partial charge in [0.25, 0.3) is 10.0 Å². The van der Waals surface area contributed by atoms with Gasteiger partial charge in [0.05, 0.1) is 21.7 Å². The maximum atomic E-state index is 13.3. The van der Waals surface area contributed by atoms with Crippen molar-refractivity contribution in [2.75, 3.05) is 16.4 Å². The minimum atomic E-state index is -4.02. The molecule has 2 N–H and O–H groups in total. The number of thiazole rings is 1. The Kier molecular flexibility index (Phi) is 4.81. The normalized spacial score (nSPS) is 14.9. The molecule has 1 amide bonds. The molecule has 2 aromatic carbocycles. The average molecular weight is 437 g/mol. The van der Waals surface area contributed by atoms with Gasteiger partial charge in [-0.1, -0.05) is 29.2 Å². The maximum Gasteiger partial charge on any atom is 0.286 e. The Labute approximate surface area is 168 Å². The van der Waals surface area contributed by atoms with Crippen molar-refractivity contribution in [3.05, 3.63) is 47.8 Å². The largest absolute Gasteiger partial charge is 0.333 e. The smallest absolute Gasteiger partial charge is 0.286 e. The summed E-state index contributed by atoms with van der Waals surface area (Å²) in [6, 6.07) is 9.20. The van der Waals surface area contributed by atoms with E-state index in [9.17, 15) is 17.6 Å². The van der Waals surface area contributed by atoms with E-state index >= 15 is 0 Å². The second kappa shape index (κ2) is 7.15. The summed E-state index contributed by atoms with van der Waals surface area (Å²) in [6.45, 7) is 1.98. The van der Waals surface area contributed by atoms with Crippen molar-refractivity contribution >= 4 is 65.2 Å². The lowest BCUT2D eigenvalue weighted by molar-refractivity contribution is -0.113. The number of anilines is 2. The van der Waals surface area contributed by atoms with Crippen LogP contribution in [0.2, 0.25) is 0 Å². The molecule has 0 fully saturated rings. The van der Waals surface area contributed by atoms with Gasteiger partial charge in [0, 0.05) is 0 Å². The Morgan fingerprint density at radius 2 is 2.11 bits per heavy atom. The second-order valence-corrected chi connectivity index (χ2v) is 9.53. The molecule has 28 heavy (non-hydrogen) atoms. The van der Waals surface area contributed by atoms with Crippen LogP contribution in [0.4, 0.5) is 15.2 Å². The summed E-state index contributed by atoms with van der Waals surface area (Å²) in [7, 11) is -4.02. The lowest BCUT2D eigenvalue weighted by Crippen LogP contribution is -2.22. The van der Waals surface area contributed by atoms with Gasteiger partial charge in [-0.05, 0) is 42.8 Å². The van der Waals surface area contributed by atoms with Gasteiger partial charge in [0.2, 0.25) is 5.91 Å². The quantitative estimate of drug-likeness (QED) is 0.651. The average Bonchev–Trinajstić information content (AvgIpc) is 3.01. The molecule has 144 valence electrons. The molecule has 2 heterocycles. The number of carbonyl (C=O) groups is 1. The van der Waals surface area contributed by atoms with Crippen LogP contribution in [0, 0.1) is 12.7 Å². The zero-order valence-electron chi connectivity index (χ0n) is 14.4. The standard InChI is InChI=1S/C17H13FN4O3S3/c1-9-2-4-11-13(6-9)27-16(19-11)21-15(23)8-26-17-20-12-5-3-10(18)7-14(12)28(24,25)22-17/h2-7H,8H2,1H3,(H,20,22)(H,19,21,23). The molecule has 0 spiro atoms. The number of hydrogen-bond acceptors (Lipinski definition) is 7. The van der Waals surface area contributed by atoms with Crippen LogP contribution >= 0.6 is 23.1 Å². The number of nitrogens with one attached hydrogen (secondary N) is 2. The Morgan fingerprint density at radius 3 is 2.93 bits per heavy atom. The van der Waals surface area contributed by atoms with Gasteiger partial charge in [-0.2, -0.15) is 8.42 Å². The molecule has 0 radical (unpaired) electrons. The summed E-state index contributed by atoms with van der Waals surface area (Å²) in [4.78, 5) is 16.3. The predicted molar refractivity (Wildman–Crippen MR) is 110 cm³/mol. The van der Waals surface area contributed by atoms with Gasteiger partial charge in [-0.25, -0.2) is 9.37 Å². The maximum absolute atomic E-state index is 13.3. The third-order valence-electron chi connectivity index (χ3n) is 3.80. The van der Waals surface area contributed by atoms with Crippen LogP contribution in [0.5, 0.6) is 0 Å². The fraction of sp³-hybridized carbons (Fsp3) is 0.118. The van der Waals surface area contributed by atoms with E-state index in [1.165, 1.54) is 17.4 Å². The number of nitrogens with zero attached hydrogens (tertiary/aromatic N) is 2. The van der Waals surface area contributed by atoms with Crippen LogP contribution in [-0.2, 0) is 14.8 Å². The van der Waals surface area contributed by atoms with Crippen LogP contribution < -0.4 is 10.6 Å². The van der Waals surface area contributed by atoms with Crippen molar-refractivity contribution in [1.82, 2.24) is 4.98 Å². The summed E-state index contributed by atoms with van der Waals surface area (Å²) >= 11 is 2.30. The molecule has 1 aliphatic heterocycles. The SMILES string of the molecule is Cc1ccc2nc(NC(=O)CSC3=NS(=O)(=O)c4cc(F)ccc4N3)sc2c1. The van der Waals surface area contributed by atoms with Gasteiger partial charge >= 0.3 is 0 Å². The fourth-order valence-electron chi connectivity index (χ4n) is 2.55. The number of amides is 1. The predicted octanol–water partition coefficient (Wildman–Crippen LogP) is 3.59. The van der Waals surface area contributed by atoms with E-state index in [1.807, 2.05) is 25.1 Å². The van der Waals surface area contributed by atoms with Gasteiger partial charge in [0.1, 0.15) is 10.7 Å². The van der Waals surface area contributed by atoms with Gasteiger partial charge in [-0.3, -0.25) is 4.79 Å². The number of amidine groups is 1. The number of aromatic nitrogens is 1. The number of aryl methyl sites for hydroxylation is 1. The molecule has 0 aliphatic carbocycles. The Balaban J connectivity index is 1.43. The highest BCUT2D eigenvalue weighted by molar-refractivity contribution is 8.15. The zero-order chi connectivity index (χ0) is 19.9. The number of rotatable bonds is 3. The van der Waals surface area contributed by atoms with Crippen molar-refractivity contribution in [2.45, 2.75) is 11.8 Å². The Morgan fingerprint density at radius 1 is 1.29 bits per heavy atom. The number of benzene rings is 2. The monoisotopic (exact) mass is 436 g/mol. The molecule has 1 aliphatic rings. The van der Waals surface area contributed by atoms with E-state index < -0.39 is 15.8 Å². The first kappa shape index (κ1) is 18.8. The van der Waals surface area contributed by atoms with Crippen LogP contribution in [-0.4, -0.2) is 30.2 Å². The number of sulfonamides is 1. The summed E-state index contributed by atoms with van der Waals surface area (Å²) in [6.07, 6.45) is 0. The van der Waals surface area contributed by atoms with E-state index in [0.717, 1.165) is 39.7 Å². The number of thioether (sulfide) groups is 1. The summed E-state index contributed by atoms with van der Waals surface area (Å²) < 4.78 is 42.2. The molecule has 0 bridgehead atoms. The number of carbonyl (C=O) groups excluding carboxylic acids is 1. The minimum Gasteiger partial charge on any atom is -0.333 e. The van der Waals surface area contributed by atoms with E-state index in [0.29, 0.717) is 5.13 Å². The highest BCUT2D eigenvalue weighted by Gasteiger charge is 2.26. The lowest BCUT2D eigenvalue weighted by Gasteiger charge is -2.17. The molecule has 11 heteroatoms. The summed E-state index contributed by atoms with van der Waals surface area (Å²) in [5.41, 5.74) is 2.12. The summed E-state index contributed by atoms with van der Waals surface area (Å²) in [5, 5.41) is 6.03. The van der Waals surface area contributed by atoms with Crippen LogP contribution in [0.15, 0.2) is 45.7 Å². The Bertz CT molecular complexity index is 1240. The molecule has 0 saturated carbocycles. The summed E-state index contributed by atoms with van der Waals surface area (Å²) in [5.74, 6) is -1.07. The van der Waals surface area contributed by atoms with E-state index in [1.54, 1.807) is 0 Å². The number of hydrogen-bond donors (Lipinski definition) is 2. The molecule has 7 nitrogen and oxygen atoms in total. The van der Waals surface area contributed by atoms with E-state index in [2.05, 4.69) is 20.0 Å². The van der Waals surface area contributed by atoms with Gasteiger partial charge in [0.15, 0.2) is 10.3 Å². The molecule has 3 aromatic rings. The van der Waals surface area contributed by atoms with E-state index in [4.69, 9.17) is 0 Å². The molecule has 1 aromatic heterocycles. The van der Waals surface area contributed by atoms with Crippen molar-refractivity contribution in [1.29, 1.82) is 0 Å². The van der Waals surface area contributed by atoms with Crippen molar-refractivity contribution in [3.8, 4) is 0 Å². The van der Waals surface area contributed by atoms with Crippen molar-refractivity contribution in [2.24, 2.45) is 4.40 Å². The van der Waals surface area contributed by atoms with E-state index in [-0.39, 0.29) is 27.4 Å². The first-order valence-corrected chi connectivity index (χ1v) is 11.3. The lowest BCUT2D eigenvalue weighted by atomic mass is 10.2. The first-order valence-electron chi connectivity index (χ1n) is 8.01. The highest BCUT2D eigenvalue weighted by Crippen LogP contribution is 2.30. The number of fused-ring (bicyclic) bond motifs is 2. The molecule has 0 atom stereocenters. The third-order valence-corrected chi connectivity index (χ3v) is 7.04. The topological polar surface area (TPSA) is 101 Å². The Hall–Kier alpha value is -2.50. The van der Waals surface area contributed by atoms with Crippen molar-refractivity contribution < 1.29 is 17.6 Å². The highest BCUT2D eigenvalue weighted by atomic mass is 32.2. The zero-order valence-corrected chi connectivity index (χ0v) is 16.8. The fourth-order valence-corrected chi connectivity index (χ4v) is 5.57. The number of halogens is 1. The van der Waals surface area contributed by atoms with Crippen LogP contribution in [0.3, 0.4) is 0 Å². The minimum absolute atomic E-state index is 0.0502. The molecular weight excluding hydrogens is 423 g/mol. The van der Waals surface area contributed by atoms with Gasteiger partial charge in [-0.15, -0.1) is 4.40 Å². The molecule has 0 saturated heterocycles. The van der Waals surface area contributed by atoms with Crippen molar-refractivity contribution in [3.63, 3.8) is 0 Å². The second-order valence-electron chi connectivity index (χ2n) is 5.96. The first-order chi connectivity index (χ1) is 13.3. The molecule has 4 rings (SSSR count).